The number of aliphatic hydroxyl groups excluding tert-OH is 1. The Morgan fingerprint density at radius 2 is 2.04 bits per heavy atom. The number of carbonyl (C=O) groups excluding carboxylic acids is 2. The number of urea groups is 1. The van der Waals surface area contributed by atoms with Crippen LogP contribution in [0.5, 0.6) is 0 Å². The first-order chi connectivity index (χ1) is 13.0. The van der Waals surface area contributed by atoms with Gasteiger partial charge in [0, 0.05) is 18.0 Å². The number of aromatic nitrogens is 2. The van der Waals surface area contributed by atoms with E-state index in [4.69, 9.17) is 16.1 Å². The van der Waals surface area contributed by atoms with Crippen molar-refractivity contribution in [2.24, 2.45) is 0 Å². The SMILES string of the molecule is O=C1C2CCCCN2C(=O)N1Cc1nc(C[C@H](O)c2ccc(Cl)cc2)no1. The summed E-state index contributed by atoms with van der Waals surface area (Å²) in [6, 6.07) is 6.19. The van der Waals surface area contributed by atoms with Crippen molar-refractivity contribution in [2.45, 2.75) is 44.4 Å². The van der Waals surface area contributed by atoms with E-state index < -0.39 is 6.10 Å². The molecule has 1 unspecified atom stereocenters. The van der Waals surface area contributed by atoms with Gasteiger partial charge in [0.15, 0.2) is 5.82 Å². The minimum Gasteiger partial charge on any atom is -0.388 e. The highest BCUT2D eigenvalue weighted by molar-refractivity contribution is 6.30. The summed E-state index contributed by atoms with van der Waals surface area (Å²) in [7, 11) is 0. The molecule has 1 aromatic heterocycles. The molecule has 1 aromatic carbocycles. The van der Waals surface area contributed by atoms with Gasteiger partial charge in [0.2, 0.25) is 5.89 Å². The van der Waals surface area contributed by atoms with Crippen LogP contribution < -0.4 is 0 Å². The van der Waals surface area contributed by atoms with Gasteiger partial charge in [-0.15, -0.1) is 0 Å². The number of benzene rings is 1. The summed E-state index contributed by atoms with van der Waals surface area (Å²) in [4.78, 5) is 31.9. The third kappa shape index (κ3) is 3.54. The van der Waals surface area contributed by atoms with Crippen molar-refractivity contribution < 1.29 is 19.2 Å². The molecular weight excluding hydrogens is 372 g/mol. The van der Waals surface area contributed by atoms with Crippen molar-refractivity contribution in [2.75, 3.05) is 6.54 Å². The lowest BCUT2D eigenvalue weighted by atomic mass is 10.0. The number of hydrogen-bond donors (Lipinski definition) is 1. The van der Waals surface area contributed by atoms with Gasteiger partial charge >= 0.3 is 6.03 Å². The van der Waals surface area contributed by atoms with Crippen molar-refractivity contribution in [3.63, 3.8) is 0 Å². The highest BCUT2D eigenvalue weighted by atomic mass is 35.5. The molecule has 9 heteroatoms. The van der Waals surface area contributed by atoms with E-state index in [1.807, 2.05) is 0 Å². The molecule has 8 nitrogen and oxygen atoms in total. The number of fused-ring (bicyclic) bond motifs is 1. The van der Waals surface area contributed by atoms with Crippen molar-refractivity contribution in [1.29, 1.82) is 0 Å². The number of amides is 3. The highest BCUT2D eigenvalue weighted by Crippen LogP contribution is 2.27. The molecule has 0 radical (unpaired) electrons. The van der Waals surface area contributed by atoms with Crippen LogP contribution in [0.3, 0.4) is 0 Å². The molecule has 4 rings (SSSR count). The van der Waals surface area contributed by atoms with Crippen LogP contribution in [0.2, 0.25) is 5.02 Å². The fourth-order valence-corrected chi connectivity index (χ4v) is 3.67. The predicted octanol–water partition coefficient (Wildman–Crippen LogP) is 2.32. The summed E-state index contributed by atoms with van der Waals surface area (Å²) < 4.78 is 5.17. The molecule has 2 saturated heterocycles. The zero-order valence-electron chi connectivity index (χ0n) is 14.5. The molecule has 0 bridgehead atoms. The van der Waals surface area contributed by atoms with Gasteiger partial charge in [-0.3, -0.25) is 9.69 Å². The number of halogens is 1. The standard InChI is InChI=1S/C18H19ClN4O4/c19-12-6-4-11(5-7-12)14(24)9-15-20-16(27-21-15)10-23-17(25)13-3-1-2-8-22(13)18(23)26/h4-7,13-14,24H,1-3,8-10H2/t13?,14-/m0/s1. The first-order valence-corrected chi connectivity index (χ1v) is 9.27. The van der Waals surface area contributed by atoms with E-state index in [2.05, 4.69) is 10.1 Å². The molecular formula is C18H19ClN4O4. The summed E-state index contributed by atoms with van der Waals surface area (Å²) in [5, 5.41) is 14.7. The van der Waals surface area contributed by atoms with Crippen LogP contribution in [0.25, 0.3) is 0 Å². The average Bonchev–Trinajstić information content (AvgIpc) is 3.21. The van der Waals surface area contributed by atoms with Gasteiger partial charge in [-0.05, 0) is 37.0 Å². The summed E-state index contributed by atoms with van der Waals surface area (Å²) in [5.41, 5.74) is 0.688. The van der Waals surface area contributed by atoms with E-state index in [0.29, 0.717) is 29.4 Å². The Balaban J connectivity index is 1.41. The smallest absolute Gasteiger partial charge is 0.327 e. The molecule has 27 heavy (non-hydrogen) atoms. The first kappa shape index (κ1) is 17.9. The number of imide groups is 1. The molecule has 0 spiro atoms. The molecule has 3 heterocycles. The second kappa shape index (κ2) is 7.28. The Labute approximate surface area is 160 Å². The van der Waals surface area contributed by atoms with Crippen molar-refractivity contribution in [3.05, 3.63) is 46.6 Å². The highest BCUT2D eigenvalue weighted by Gasteiger charge is 2.46. The van der Waals surface area contributed by atoms with Gasteiger partial charge in [-0.2, -0.15) is 4.98 Å². The number of piperidine rings is 1. The Morgan fingerprint density at radius 3 is 2.78 bits per heavy atom. The predicted molar refractivity (Wildman–Crippen MR) is 94.7 cm³/mol. The zero-order chi connectivity index (χ0) is 19.0. The Hall–Kier alpha value is -2.45. The molecule has 2 aromatic rings. The molecule has 2 aliphatic rings. The van der Waals surface area contributed by atoms with E-state index in [1.54, 1.807) is 29.2 Å². The van der Waals surface area contributed by atoms with Crippen LogP contribution in [0.15, 0.2) is 28.8 Å². The van der Waals surface area contributed by atoms with Crippen LogP contribution >= 0.6 is 11.6 Å². The maximum absolute atomic E-state index is 12.5. The van der Waals surface area contributed by atoms with Gasteiger partial charge in [0.25, 0.3) is 5.91 Å². The number of nitrogens with zero attached hydrogens (tertiary/aromatic N) is 4. The Morgan fingerprint density at radius 1 is 1.26 bits per heavy atom. The molecule has 2 fully saturated rings. The van der Waals surface area contributed by atoms with Gasteiger partial charge in [-0.25, -0.2) is 4.79 Å². The normalized spacial score (nSPS) is 20.9. The van der Waals surface area contributed by atoms with Gasteiger partial charge in [-0.1, -0.05) is 28.9 Å². The molecule has 2 atom stereocenters. The lowest BCUT2D eigenvalue weighted by Crippen LogP contribution is -2.38. The number of hydrogen-bond acceptors (Lipinski definition) is 6. The Bertz CT molecular complexity index is 829. The van der Waals surface area contributed by atoms with Crippen LogP contribution in [0.1, 0.15) is 42.6 Å². The Kier molecular flexibility index (Phi) is 4.84. The fraction of sp³-hybridized carbons (Fsp3) is 0.444. The van der Waals surface area contributed by atoms with Crippen LogP contribution in [0, 0.1) is 0 Å². The van der Waals surface area contributed by atoms with Crippen molar-refractivity contribution in [1.82, 2.24) is 19.9 Å². The summed E-state index contributed by atoms with van der Waals surface area (Å²) in [5.74, 6) is 0.278. The van der Waals surface area contributed by atoms with Gasteiger partial charge < -0.3 is 14.5 Å². The monoisotopic (exact) mass is 390 g/mol. The van der Waals surface area contributed by atoms with Crippen LogP contribution in [0.4, 0.5) is 4.79 Å². The lowest BCUT2D eigenvalue weighted by molar-refractivity contribution is -0.129. The second-order valence-corrected chi connectivity index (χ2v) is 7.22. The summed E-state index contributed by atoms with van der Waals surface area (Å²) >= 11 is 5.85. The molecule has 0 saturated carbocycles. The third-order valence-corrected chi connectivity index (χ3v) is 5.22. The fourth-order valence-electron chi connectivity index (χ4n) is 3.54. The van der Waals surface area contributed by atoms with Crippen LogP contribution in [-0.2, 0) is 17.8 Å². The minimum absolute atomic E-state index is 0.0469. The van der Waals surface area contributed by atoms with E-state index in [9.17, 15) is 14.7 Å². The first-order valence-electron chi connectivity index (χ1n) is 8.90. The second-order valence-electron chi connectivity index (χ2n) is 6.79. The quantitative estimate of drug-likeness (QED) is 0.786. The van der Waals surface area contributed by atoms with Gasteiger partial charge in [0.05, 0.1) is 6.10 Å². The molecule has 142 valence electrons. The topological polar surface area (TPSA) is 99.8 Å². The van der Waals surface area contributed by atoms with Gasteiger partial charge in [0.1, 0.15) is 12.6 Å². The maximum Gasteiger partial charge on any atom is 0.327 e. The van der Waals surface area contributed by atoms with E-state index >= 15 is 0 Å². The maximum atomic E-state index is 12.5. The van der Waals surface area contributed by atoms with E-state index in [1.165, 1.54) is 4.90 Å². The molecule has 2 aliphatic heterocycles. The number of aliphatic hydroxyl groups is 1. The third-order valence-electron chi connectivity index (χ3n) is 4.96. The molecule has 1 N–H and O–H groups in total. The zero-order valence-corrected chi connectivity index (χ0v) is 15.3. The number of carbonyl (C=O) groups is 2. The van der Waals surface area contributed by atoms with E-state index in [0.717, 1.165) is 12.8 Å². The van der Waals surface area contributed by atoms with Crippen LogP contribution in [-0.4, -0.2) is 49.6 Å². The lowest BCUT2D eigenvalue weighted by Gasteiger charge is -2.25. The summed E-state index contributed by atoms with van der Waals surface area (Å²) in [6.07, 6.45) is 1.90. The summed E-state index contributed by atoms with van der Waals surface area (Å²) in [6.45, 7) is 0.558. The largest absolute Gasteiger partial charge is 0.388 e. The minimum atomic E-state index is -0.809. The van der Waals surface area contributed by atoms with Crippen molar-refractivity contribution >= 4 is 23.5 Å². The molecule has 3 amide bonds. The van der Waals surface area contributed by atoms with E-state index in [-0.39, 0.29) is 36.8 Å². The molecule has 0 aliphatic carbocycles. The average molecular weight is 391 g/mol. The van der Waals surface area contributed by atoms with Crippen molar-refractivity contribution in [3.8, 4) is 0 Å². The number of rotatable bonds is 5.